The predicted molar refractivity (Wildman–Crippen MR) is 106 cm³/mol. The quantitative estimate of drug-likeness (QED) is 0.806. The number of dihydropyridines is 1. The average molecular weight is 381 g/mol. The molecule has 0 saturated carbocycles. The van der Waals surface area contributed by atoms with Gasteiger partial charge in [0, 0.05) is 35.9 Å². The molecular weight excluding hydrogens is 354 g/mol. The Bertz CT molecular complexity index is 844. The molecular formula is C23H27NO4. The summed E-state index contributed by atoms with van der Waals surface area (Å²) < 4.78 is 11.2. The van der Waals surface area contributed by atoms with E-state index in [0.717, 1.165) is 60.4 Å². The van der Waals surface area contributed by atoms with Crippen LogP contribution in [-0.4, -0.2) is 31.1 Å². The van der Waals surface area contributed by atoms with Gasteiger partial charge in [-0.1, -0.05) is 29.8 Å². The number of esters is 1. The van der Waals surface area contributed by atoms with Gasteiger partial charge in [-0.25, -0.2) is 4.79 Å². The molecule has 0 unspecified atom stereocenters. The lowest BCUT2D eigenvalue weighted by Gasteiger charge is -2.34. The number of allylic oxidation sites excluding steroid dienone is 3. The van der Waals surface area contributed by atoms with Crippen LogP contribution >= 0.6 is 0 Å². The van der Waals surface area contributed by atoms with Crippen LogP contribution in [0, 0.1) is 6.92 Å². The lowest BCUT2D eigenvalue weighted by molar-refractivity contribution is -0.142. The van der Waals surface area contributed by atoms with Crippen molar-refractivity contribution >= 4 is 11.8 Å². The summed E-state index contributed by atoms with van der Waals surface area (Å²) in [6.07, 6.45) is 4.10. The first-order valence-electron chi connectivity index (χ1n) is 10.1. The first-order chi connectivity index (χ1) is 13.5. The molecule has 3 aliphatic rings. The maximum absolute atomic E-state index is 13.1. The topological polar surface area (TPSA) is 64.6 Å². The summed E-state index contributed by atoms with van der Waals surface area (Å²) in [4.78, 5) is 25.9. The largest absolute Gasteiger partial charge is 0.459 e. The van der Waals surface area contributed by atoms with Gasteiger partial charge in [0.05, 0.1) is 11.7 Å². The van der Waals surface area contributed by atoms with E-state index in [1.54, 1.807) is 0 Å². The van der Waals surface area contributed by atoms with E-state index >= 15 is 0 Å². The van der Waals surface area contributed by atoms with Crippen molar-refractivity contribution in [3.05, 3.63) is 57.9 Å². The molecule has 1 fully saturated rings. The maximum Gasteiger partial charge on any atom is 0.336 e. The molecule has 1 aromatic carbocycles. The van der Waals surface area contributed by atoms with E-state index in [9.17, 15) is 9.59 Å². The number of aryl methyl sites for hydroxylation is 1. The molecule has 2 atom stereocenters. The van der Waals surface area contributed by atoms with Crippen molar-refractivity contribution in [1.82, 2.24) is 5.32 Å². The molecule has 4 rings (SSSR count). The summed E-state index contributed by atoms with van der Waals surface area (Å²) in [7, 11) is 0. The SMILES string of the molecule is CC1=C(C(=O)OC[C@@H]2CCCO2)[C@@H](c2ccc(C)cc2)C2=C(CCCC2=O)N1. The van der Waals surface area contributed by atoms with Crippen LogP contribution in [0.2, 0.25) is 0 Å². The number of ketones is 1. The standard InChI is InChI=1S/C23H27NO4/c1-14-8-10-16(11-9-14)21-20(23(26)28-13-17-5-4-12-27-17)15(2)24-18-6-3-7-19(25)22(18)21/h8-11,17,21,24H,3-7,12-13H2,1-2H3/t17-,21+/m0/s1. The van der Waals surface area contributed by atoms with Crippen molar-refractivity contribution in [2.24, 2.45) is 0 Å². The number of hydrogen-bond donors (Lipinski definition) is 1. The number of carbonyl (C=O) groups is 2. The smallest absolute Gasteiger partial charge is 0.336 e. The zero-order valence-electron chi connectivity index (χ0n) is 16.5. The van der Waals surface area contributed by atoms with Crippen LogP contribution in [0.25, 0.3) is 0 Å². The summed E-state index contributed by atoms with van der Waals surface area (Å²) in [6, 6.07) is 8.07. The van der Waals surface area contributed by atoms with Gasteiger partial charge in [0.15, 0.2) is 5.78 Å². The van der Waals surface area contributed by atoms with Crippen LogP contribution in [0.15, 0.2) is 46.8 Å². The van der Waals surface area contributed by atoms with Crippen molar-refractivity contribution < 1.29 is 19.1 Å². The molecule has 5 nitrogen and oxygen atoms in total. The number of Topliss-reactive ketones (excluding diaryl/α,β-unsaturated/α-hetero) is 1. The van der Waals surface area contributed by atoms with Crippen LogP contribution in [0.1, 0.15) is 56.1 Å². The fourth-order valence-electron chi connectivity index (χ4n) is 4.37. The van der Waals surface area contributed by atoms with Gasteiger partial charge in [-0.15, -0.1) is 0 Å². The van der Waals surface area contributed by atoms with E-state index in [0.29, 0.717) is 12.0 Å². The van der Waals surface area contributed by atoms with Crippen molar-refractivity contribution in [3.63, 3.8) is 0 Å². The van der Waals surface area contributed by atoms with E-state index in [2.05, 4.69) is 5.32 Å². The van der Waals surface area contributed by atoms with Crippen molar-refractivity contribution in [2.45, 2.75) is 58.0 Å². The molecule has 28 heavy (non-hydrogen) atoms. The second kappa shape index (κ2) is 7.92. The molecule has 0 aromatic heterocycles. The third-order valence-electron chi connectivity index (χ3n) is 5.83. The van der Waals surface area contributed by atoms with E-state index in [4.69, 9.17) is 9.47 Å². The van der Waals surface area contributed by atoms with Gasteiger partial charge >= 0.3 is 5.97 Å². The minimum absolute atomic E-state index is 0.0229. The minimum atomic E-state index is -0.373. The van der Waals surface area contributed by atoms with Crippen LogP contribution < -0.4 is 5.32 Å². The van der Waals surface area contributed by atoms with Crippen molar-refractivity contribution in [1.29, 1.82) is 0 Å². The zero-order chi connectivity index (χ0) is 19.7. The lowest BCUT2D eigenvalue weighted by atomic mass is 9.75. The molecule has 0 amide bonds. The number of ether oxygens (including phenoxy) is 2. The van der Waals surface area contributed by atoms with Gasteiger partial charge in [-0.05, 0) is 45.1 Å². The number of rotatable bonds is 4. The predicted octanol–water partition coefficient (Wildman–Crippen LogP) is 3.69. The molecule has 2 aliphatic heterocycles. The second-order valence-corrected chi connectivity index (χ2v) is 7.91. The van der Waals surface area contributed by atoms with E-state index in [1.165, 1.54) is 0 Å². The van der Waals surface area contributed by atoms with E-state index in [1.807, 2.05) is 38.1 Å². The fraction of sp³-hybridized carbons (Fsp3) is 0.478. The zero-order valence-corrected chi connectivity index (χ0v) is 16.5. The first kappa shape index (κ1) is 18.9. The number of carbonyl (C=O) groups excluding carboxylic acids is 2. The highest BCUT2D eigenvalue weighted by atomic mass is 16.6. The number of benzene rings is 1. The summed E-state index contributed by atoms with van der Waals surface area (Å²) in [5.74, 6) is -0.617. The van der Waals surface area contributed by atoms with E-state index in [-0.39, 0.29) is 30.4 Å². The van der Waals surface area contributed by atoms with Gasteiger partial charge in [-0.2, -0.15) is 0 Å². The molecule has 5 heteroatoms. The molecule has 148 valence electrons. The van der Waals surface area contributed by atoms with Crippen LogP contribution in [0.3, 0.4) is 0 Å². The number of hydrogen-bond acceptors (Lipinski definition) is 5. The summed E-state index contributed by atoms with van der Waals surface area (Å²) in [5, 5.41) is 3.33. The van der Waals surface area contributed by atoms with Gasteiger partial charge in [0.25, 0.3) is 0 Å². The third-order valence-corrected chi connectivity index (χ3v) is 5.83. The molecule has 0 spiro atoms. The fourth-order valence-corrected chi connectivity index (χ4v) is 4.37. The summed E-state index contributed by atoms with van der Waals surface area (Å²) in [5.41, 5.74) is 5.09. The molecule has 1 saturated heterocycles. The highest BCUT2D eigenvalue weighted by Crippen LogP contribution is 2.42. The molecule has 1 N–H and O–H groups in total. The third kappa shape index (κ3) is 3.63. The van der Waals surface area contributed by atoms with Crippen LogP contribution in [0.4, 0.5) is 0 Å². The van der Waals surface area contributed by atoms with Gasteiger partial charge in [0.2, 0.25) is 0 Å². The van der Waals surface area contributed by atoms with E-state index < -0.39 is 0 Å². The Labute approximate surface area is 165 Å². The second-order valence-electron chi connectivity index (χ2n) is 7.91. The Kier molecular flexibility index (Phi) is 5.36. The molecule has 2 heterocycles. The van der Waals surface area contributed by atoms with Crippen molar-refractivity contribution in [3.8, 4) is 0 Å². The Hall–Kier alpha value is -2.40. The van der Waals surface area contributed by atoms with Crippen LogP contribution in [0.5, 0.6) is 0 Å². The Balaban J connectivity index is 1.68. The van der Waals surface area contributed by atoms with Gasteiger partial charge < -0.3 is 14.8 Å². The normalized spacial score (nSPS) is 24.9. The van der Waals surface area contributed by atoms with Gasteiger partial charge in [-0.3, -0.25) is 4.79 Å². The molecule has 1 aromatic rings. The number of nitrogens with one attached hydrogen (secondary N) is 1. The molecule has 0 bridgehead atoms. The Morgan fingerprint density at radius 1 is 1.18 bits per heavy atom. The Morgan fingerprint density at radius 3 is 2.68 bits per heavy atom. The average Bonchev–Trinajstić information content (AvgIpc) is 3.19. The first-order valence-corrected chi connectivity index (χ1v) is 10.1. The van der Waals surface area contributed by atoms with Gasteiger partial charge in [0.1, 0.15) is 6.61 Å². The molecule has 0 radical (unpaired) electrons. The van der Waals surface area contributed by atoms with Crippen molar-refractivity contribution in [2.75, 3.05) is 13.2 Å². The minimum Gasteiger partial charge on any atom is -0.459 e. The highest BCUT2D eigenvalue weighted by molar-refractivity contribution is 6.03. The molecule has 1 aliphatic carbocycles. The Morgan fingerprint density at radius 2 is 1.96 bits per heavy atom. The lowest BCUT2D eigenvalue weighted by Crippen LogP contribution is -2.35. The maximum atomic E-state index is 13.1. The summed E-state index contributed by atoms with van der Waals surface area (Å²) >= 11 is 0. The summed E-state index contributed by atoms with van der Waals surface area (Å²) in [6.45, 7) is 4.91. The highest BCUT2D eigenvalue weighted by Gasteiger charge is 2.39. The monoisotopic (exact) mass is 381 g/mol. The van der Waals surface area contributed by atoms with Crippen LogP contribution in [-0.2, 0) is 19.1 Å².